The third kappa shape index (κ3) is 4.17. The van der Waals surface area contributed by atoms with Gasteiger partial charge in [-0.2, -0.15) is 5.26 Å². The number of benzene rings is 2. The zero-order valence-electron chi connectivity index (χ0n) is 11.4. The maximum Gasteiger partial charge on any atom is 0.269 e. The largest absolute Gasteiger partial charge is 0.488 e. The molecule has 0 aromatic heterocycles. The second kappa shape index (κ2) is 7.38. The molecular formula is C16H11BrN2O3. The Balaban J connectivity index is 2.03. The lowest BCUT2D eigenvalue weighted by molar-refractivity contribution is -0.384. The third-order valence-corrected chi connectivity index (χ3v) is 3.47. The topological polar surface area (TPSA) is 76.2 Å². The number of rotatable bonds is 5. The van der Waals surface area contributed by atoms with Crippen LogP contribution in [0.2, 0.25) is 0 Å². The minimum atomic E-state index is -0.436. The molecule has 0 bridgehead atoms. The zero-order chi connectivity index (χ0) is 15.9. The first kappa shape index (κ1) is 15.7. The molecule has 0 unspecified atom stereocenters. The van der Waals surface area contributed by atoms with Crippen molar-refractivity contribution in [2.24, 2.45) is 0 Å². The molecule has 0 atom stereocenters. The fourth-order valence-electron chi connectivity index (χ4n) is 1.75. The van der Waals surface area contributed by atoms with Crippen LogP contribution < -0.4 is 4.74 Å². The van der Waals surface area contributed by atoms with E-state index in [1.807, 2.05) is 18.2 Å². The molecule has 2 aromatic carbocycles. The van der Waals surface area contributed by atoms with Gasteiger partial charge in [0.15, 0.2) is 0 Å². The van der Waals surface area contributed by atoms with Crippen molar-refractivity contribution in [2.45, 2.75) is 6.61 Å². The molecule has 2 aromatic rings. The molecule has 0 spiro atoms. The molecule has 22 heavy (non-hydrogen) atoms. The molecule has 6 heteroatoms. The number of hydrogen-bond donors (Lipinski definition) is 0. The minimum absolute atomic E-state index is 0.0542. The summed E-state index contributed by atoms with van der Waals surface area (Å²) in [6.45, 7) is 0.309. The summed E-state index contributed by atoms with van der Waals surface area (Å²) in [4.78, 5) is 10.1. The van der Waals surface area contributed by atoms with E-state index in [1.165, 1.54) is 18.2 Å². The second-order valence-electron chi connectivity index (χ2n) is 4.36. The molecule has 5 nitrogen and oxygen atoms in total. The first-order chi connectivity index (χ1) is 10.6. The Hall–Kier alpha value is -2.65. The predicted octanol–water partition coefficient (Wildman–Crippen LogP) is 4.47. The lowest BCUT2D eigenvalue weighted by Gasteiger charge is -2.09. The molecule has 0 fully saturated rings. The van der Waals surface area contributed by atoms with E-state index in [2.05, 4.69) is 15.9 Å². The standard InChI is InChI=1S/C16H11BrN2O3/c17-15-10-12(2-1-9-18)5-8-16(15)22-11-13-3-6-14(7-4-13)19(20)21/h1-8,10H,11H2. The Labute approximate surface area is 135 Å². The van der Waals surface area contributed by atoms with Crippen LogP contribution in [0.25, 0.3) is 6.08 Å². The summed E-state index contributed by atoms with van der Waals surface area (Å²) in [5.74, 6) is 0.660. The number of nitro benzene ring substituents is 1. The summed E-state index contributed by atoms with van der Waals surface area (Å²) in [6, 6.07) is 13.6. The zero-order valence-corrected chi connectivity index (χ0v) is 13.0. The minimum Gasteiger partial charge on any atom is -0.488 e. The molecule has 0 radical (unpaired) electrons. The monoisotopic (exact) mass is 358 g/mol. The van der Waals surface area contributed by atoms with Crippen LogP contribution >= 0.6 is 15.9 Å². The van der Waals surface area contributed by atoms with Gasteiger partial charge in [0.2, 0.25) is 0 Å². The number of nitriles is 1. The highest BCUT2D eigenvalue weighted by Gasteiger charge is 2.06. The van der Waals surface area contributed by atoms with Gasteiger partial charge in [-0.25, -0.2) is 0 Å². The lowest BCUT2D eigenvalue weighted by Crippen LogP contribution is -1.97. The van der Waals surface area contributed by atoms with Gasteiger partial charge < -0.3 is 4.74 Å². The summed E-state index contributed by atoms with van der Waals surface area (Å²) in [7, 11) is 0. The molecule has 0 aliphatic carbocycles. The van der Waals surface area contributed by atoms with Gasteiger partial charge in [0.25, 0.3) is 5.69 Å². The number of nitro groups is 1. The van der Waals surface area contributed by atoms with Crippen molar-refractivity contribution in [1.29, 1.82) is 5.26 Å². The normalized spacial score (nSPS) is 10.4. The molecule has 0 heterocycles. The van der Waals surface area contributed by atoms with E-state index in [-0.39, 0.29) is 5.69 Å². The molecule has 0 amide bonds. The summed E-state index contributed by atoms with van der Waals surface area (Å²) >= 11 is 3.41. The van der Waals surface area contributed by atoms with E-state index in [0.717, 1.165) is 15.6 Å². The van der Waals surface area contributed by atoms with Gasteiger partial charge in [-0.3, -0.25) is 10.1 Å². The van der Waals surface area contributed by atoms with Gasteiger partial charge in [-0.05, 0) is 57.4 Å². The van der Waals surface area contributed by atoms with Crippen LogP contribution in [0.5, 0.6) is 5.75 Å². The maximum absolute atomic E-state index is 10.6. The first-order valence-corrected chi connectivity index (χ1v) is 7.11. The average molecular weight is 359 g/mol. The van der Waals surface area contributed by atoms with Crippen LogP contribution in [0, 0.1) is 21.4 Å². The number of nitrogens with zero attached hydrogens (tertiary/aromatic N) is 2. The molecule has 0 saturated carbocycles. The fourth-order valence-corrected chi connectivity index (χ4v) is 2.26. The van der Waals surface area contributed by atoms with Crippen LogP contribution in [0.15, 0.2) is 53.0 Å². The van der Waals surface area contributed by atoms with Crippen LogP contribution in [-0.4, -0.2) is 4.92 Å². The second-order valence-corrected chi connectivity index (χ2v) is 5.22. The van der Waals surface area contributed by atoms with Crippen molar-refractivity contribution in [3.05, 3.63) is 74.3 Å². The molecule has 2 rings (SSSR count). The molecular weight excluding hydrogens is 348 g/mol. The highest BCUT2D eigenvalue weighted by Crippen LogP contribution is 2.27. The molecule has 0 saturated heterocycles. The van der Waals surface area contributed by atoms with Crippen molar-refractivity contribution in [3.63, 3.8) is 0 Å². The Bertz CT molecular complexity index is 749. The third-order valence-electron chi connectivity index (χ3n) is 2.85. The van der Waals surface area contributed by atoms with Crippen molar-refractivity contribution < 1.29 is 9.66 Å². The van der Waals surface area contributed by atoms with E-state index in [1.54, 1.807) is 24.3 Å². The van der Waals surface area contributed by atoms with Gasteiger partial charge in [-0.15, -0.1) is 0 Å². The fraction of sp³-hybridized carbons (Fsp3) is 0.0625. The van der Waals surface area contributed by atoms with E-state index in [0.29, 0.717) is 12.4 Å². The van der Waals surface area contributed by atoms with Crippen LogP contribution in [0.4, 0.5) is 5.69 Å². The highest BCUT2D eigenvalue weighted by molar-refractivity contribution is 9.10. The summed E-state index contributed by atoms with van der Waals surface area (Å²) in [6.07, 6.45) is 3.10. The van der Waals surface area contributed by atoms with Crippen LogP contribution in [-0.2, 0) is 6.61 Å². The van der Waals surface area contributed by atoms with E-state index >= 15 is 0 Å². The van der Waals surface area contributed by atoms with Crippen LogP contribution in [0.1, 0.15) is 11.1 Å². The molecule has 0 aliphatic heterocycles. The van der Waals surface area contributed by atoms with Gasteiger partial charge >= 0.3 is 0 Å². The Morgan fingerprint density at radius 2 is 2.00 bits per heavy atom. The summed E-state index contributed by atoms with van der Waals surface area (Å²) < 4.78 is 6.45. The average Bonchev–Trinajstić information content (AvgIpc) is 2.52. The van der Waals surface area contributed by atoms with E-state index in [9.17, 15) is 10.1 Å². The maximum atomic E-state index is 10.6. The SMILES string of the molecule is N#CC=Cc1ccc(OCc2ccc([N+](=O)[O-])cc2)c(Br)c1. The van der Waals surface area contributed by atoms with Crippen molar-refractivity contribution in [2.75, 3.05) is 0 Å². The van der Waals surface area contributed by atoms with Crippen molar-refractivity contribution in [1.82, 2.24) is 0 Å². The van der Waals surface area contributed by atoms with Gasteiger partial charge in [0.05, 0.1) is 15.5 Å². The Kier molecular flexibility index (Phi) is 5.28. The van der Waals surface area contributed by atoms with Gasteiger partial charge in [0, 0.05) is 18.2 Å². The smallest absolute Gasteiger partial charge is 0.269 e. The van der Waals surface area contributed by atoms with Crippen molar-refractivity contribution in [3.8, 4) is 11.8 Å². The molecule has 0 N–H and O–H groups in total. The number of hydrogen-bond acceptors (Lipinski definition) is 4. The Morgan fingerprint density at radius 1 is 1.27 bits per heavy atom. The summed E-state index contributed by atoms with van der Waals surface area (Å²) in [5.41, 5.74) is 1.78. The van der Waals surface area contributed by atoms with E-state index in [4.69, 9.17) is 10.00 Å². The lowest BCUT2D eigenvalue weighted by atomic mass is 10.2. The first-order valence-electron chi connectivity index (χ1n) is 6.32. The van der Waals surface area contributed by atoms with Crippen LogP contribution in [0.3, 0.4) is 0 Å². The summed E-state index contributed by atoms with van der Waals surface area (Å²) in [5, 5.41) is 19.1. The van der Waals surface area contributed by atoms with Gasteiger partial charge in [-0.1, -0.05) is 6.07 Å². The number of halogens is 1. The number of allylic oxidation sites excluding steroid dienone is 1. The predicted molar refractivity (Wildman–Crippen MR) is 86.2 cm³/mol. The molecule has 0 aliphatic rings. The highest BCUT2D eigenvalue weighted by atomic mass is 79.9. The van der Waals surface area contributed by atoms with E-state index < -0.39 is 4.92 Å². The molecule has 110 valence electrons. The van der Waals surface area contributed by atoms with Gasteiger partial charge in [0.1, 0.15) is 12.4 Å². The number of non-ortho nitro benzene ring substituents is 1. The Morgan fingerprint density at radius 3 is 2.59 bits per heavy atom. The quantitative estimate of drug-likeness (QED) is 0.448. The number of ether oxygens (including phenoxy) is 1. The van der Waals surface area contributed by atoms with Crippen molar-refractivity contribution >= 4 is 27.7 Å².